The fourth-order valence-electron chi connectivity index (χ4n) is 4.25. The number of hydrogen-bond donors (Lipinski definition) is 0. The van der Waals surface area contributed by atoms with Crippen LogP contribution in [0.3, 0.4) is 0 Å². The molecule has 1 amide bonds. The summed E-state index contributed by atoms with van der Waals surface area (Å²) in [7, 11) is 3.50. The molecule has 0 saturated heterocycles. The van der Waals surface area contributed by atoms with Crippen molar-refractivity contribution in [1.29, 1.82) is 0 Å². The van der Waals surface area contributed by atoms with E-state index in [2.05, 4.69) is 6.92 Å². The Morgan fingerprint density at radius 2 is 1.30 bits per heavy atom. The average Bonchev–Trinajstić information content (AvgIpc) is 2.92. The van der Waals surface area contributed by atoms with Crippen LogP contribution in [-0.2, 0) is 39.2 Å². The molecule has 0 bridgehead atoms. The van der Waals surface area contributed by atoms with Gasteiger partial charge in [-0.2, -0.15) is 13.2 Å². The highest BCUT2D eigenvalue weighted by atomic mass is 32.4. The Balaban J connectivity index is 2.24. The van der Waals surface area contributed by atoms with E-state index in [1.165, 1.54) is 0 Å². The molecular weight excluding hydrogens is 558 g/mol. The number of halogens is 3. The van der Waals surface area contributed by atoms with E-state index >= 15 is 0 Å². The number of amides is 1. The van der Waals surface area contributed by atoms with E-state index in [0.717, 1.165) is 43.2 Å². The largest absolute Gasteiger partial charge is 0.471 e. The Morgan fingerprint density at radius 3 is 1.77 bits per heavy atom. The maximum atomic E-state index is 13.7. The fraction of sp³-hybridized carbons (Fsp3) is 0.517. The zero-order valence-electron chi connectivity index (χ0n) is 23.6. The van der Waals surface area contributed by atoms with Crippen LogP contribution in [0.15, 0.2) is 60.7 Å². The van der Waals surface area contributed by atoms with E-state index in [-0.39, 0.29) is 6.61 Å². The van der Waals surface area contributed by atoms with Crippen molar-refractivity contribution in [2.75, 3.05) is 33.5 Å². The number of nitrogens with zero attached hydrogens (tertiary/aromatic N) is 3. The van der Waals surface area contributed by atoms with Crippen LogP contribution >= 0.6 is 6.34 Å². The van der Waals surface area contributed by atoms with Crippen molar-refractivity contribution in [3.05, 3.63) is 71.8 Å². The predicted octanol–water partition coefficient (Wildman–Crippen LogP) is 6.81. The molecule has 0 radical (unpaired) electrons. The normalized spacial score (nSPS) is 12.1. The number of benzene rings is 2. The van der Waals surface area contributed by atoms with Gasteiger partial charge in [-0.15, -0.1) is 0 Å². The molecule has 2 aromatic carbocycles. The summed E-state index contributed by atoms with van der Waals surface area (Å²) in [4.78, 5) is 25.7. The van der Waals surface area contributed by atoms with Gasteiger partial charge < -0.3 is 9.64 Å². The SMILES string of the molecule is CCCCCCCCOC(=O)CN(CP(=S)(N(C)Cc1ccccc1)N(C)Cc1ccccc1)C(=O)C(F)(F)F. The number of esters is 1. The number of unbranched alkanes of at least 4 members (excludes halogenated alkanes) is 5. The third-order valence-corrected chi connectivity index (χ3v) is 11.7. The second kappa shape index (κ2) is 16.9. The third-order valence-electron chi connectivity index (χ3n) is 6.54. The van der Waals surface area contributed by atoms with E-state index < -0.39 is 37.2 Å². The molecule has 0 N–H and O–H groups in total. The van der Waals surface area contributed by atoms with Crippen LogP contribution < -0.4 is 0 Å². The number of carbonyl (C=O) groups is 2. The average molecular weight is 600 g/mol. The highest BCUT2D eigenvalue weighted by Gasteiger charge is 2.45. The molecule has 0 aliphatic carbocycles. The molecule has 0 spiro atoms. The minimum Gasteiger partial charge on any atom is -0.464 e. The number of hydrogen-bond acceptors (Lipinski definition) is 4. The minimum absolute atomic E-state index is 0.106. The standard InChI is InChI=1S/C29H41F3N3O3PS/c1-4-5-6-7-8-15-20-38-27(36)23-35(28(37)29(30,31)32)24-39(40,33(2)21-25-16-11-9-12-17-25)34(3)22-26-18-13-10-14-19-26/h9-14,16-19H,4-8,15,20-24H2,1-3H3. The Labute approximate surface area is 241 Å². The van der Waals surface area contributed by atoms with Gasteiger partial charge in [-0.05, 0) is 31.6 Å². The number of carbonyl (C=O) groups excluding carboxylic acids is 2. The summed E-state index contributed by atoms with van der Waals surface area (Å²) in [6.07, 6.45) is -2.76. The summed E-state index contributed by atoms with van der Waals surface area (Å²) in [6.45, 7) is 2.15. The Bertz CT molecular complexity index is 1040. The van der Waals surface area contributed by atoms with Crippen molar-refractivity contribution >= 4 is 30.0 Å². The molecule has 0 aliphatic rings. The molecule has 0 unspecified atom stereocenters. The fourth-order valence-corrected chi connectivity index (χ4v) is 7.41. The van der Waals surface area contributed by atoms with Crippen molar-refractivity contribution in [1.82, 2.24) is 14.2 Å². The molecule has 0 fully saturated rings. The van der Waals surface area contributed by atoms with E-state index in [0.29, 0.717) is 24.4 Å². The van der Waals surface area contributed by atoms with Crippen molar-refractivity contribution < 1.29 is 27.5 Å². The number of alkyl halides is 3. The summed E-state index contributed by atoms with van der Waals surface area (Å²) in [5.74, 6) is -2.97. The second-order valence-electron chi connectivity index (χ2n) is 9.90. The number of ether oxygens (including phenoxy) is 1. The van der Waals surface area contributed by atoms with E-state index in [9.17, 15) is 22.8 Å². The lowest BCUT2D eigenvalue weighted by Crippen LogP contribution is -2.46. The van der Waals surface area contributed by atoms with Crippen LogP contribution in [0.1, 0.15) is 56.6 Å². The molecule has 0 aromatic heterocycles. The zero-order valence-corrected chi connectivity index (χ0v) is 25.3. The molecule has 0 heterocycles. The molecule has 0 atom stereocenters. The van der Waals surface area contributed by atoms with Gasteiger partial charge in [0.15, 0.2) is 0 Å². The summed E-state index contributed by atoms with van der Waals surface area (Å²) < 4.78 is 49.9. The zero-order chi connectivity index (χ0) is 29.6. The van der Waals surface area contributed by atoms with Gasteiger partial charge in [0.25, 0.3) is 0 Å². The highest BCUT2D eigenvalue weighted by Crippen LogP contribution is 2.54. The van der Waals surface area contributed by atoms with Crippen molar-refractivity contribution in [2.45, 2.75) is 64.7 Å². The van der Waals surface area contributed by atoms with Crippen LogP contribution in [0, 0.1) is 0 Å². The molecule has 0 aliphatic heterocycles. The summed E-state index contributed by atoms with van der Waals surface area (Å²) >= 11 is 6.12. The lowest BCUT2D eigenvalue weighted by atomic mass is 10.1. The van der Waals surface area contributed by atoms with Crippen molar-refractivity contribution in [3.63, 3.8) is 0 Å². The van der Waals surface area contributed by atoms with Crippen LogP contribution in [0.4, 0.5) is 13.2 Å². The van der Waals surface area contributed by atoms with E-state index in [1.54, 1.807) is 14.1 Å². The first-order valence-electron chi connectivity index (χ1n) is 13.6. The van der Waals surface area contributed by atoms with Crippen LogP contribution in [-0.4, -0.2) is 65.8 Å². The third kappa shape index (κ3) is 11.3. The lowest BCUT2D eigenvalue weighted by Gasteiger charge is -2.42. The maximum Gasteiger partial charge on any atom is 0.471 e. The molecule has 0 saturated carbocycles. The Kier molecular flexibility index (Phi) is 14.3. The molecule has 6 nitrogen and oxygen atoms in total. The molecule has 2 rings (SSSR count). The topological polar surface area (TPSA) is 53.1 Å². The highest BCUT2D eigenvalue weighted by molar-refractivity contribution is 8.12. The van der Waals surface area contributed by atoms with Gasteiger partial charge in [0.1, 0.15) is 6.54 Å². The van der Waals surface area contributed by atoms with Gasteiger partial charge in [-0.3, -0.25) is 18.9 Å². The number of rotatable bonds is 17. The summed E-state index contributed by atoms with van der Waals surface area (Å²) in [5, 5.41) is 0. The first-order valence-corrected chi connectivity index (χ1v) is 16.5. The second-order valence-corrected chi connectivity index (χ2v) is 14.6. The molecule has 40 heavy (non-hydrogen) atoms. The monoisotopic (exact) mass is 599 g/mol. The maximum absolute atomic E-state index is 13.7. The smallest absolute Gasteiger partial charge is 0.464 e. The molecule has 2 aromatic rings. The van der Waals surface area contributed by atoms with Gasteiger partial charge in [0.2, 0.25) is 0 Å². The van der Waals surface area contributed by atoms with Gasteiger partial charge in [-0.1, -0.05) is 111 Å². The van der Waals surface area contributed by atoms with Gasteiger partial charge >= 0.3 is 18.1 Å². The van der Waals surface area contributed by atoms with Gasteiger partial charge in [0, 0.05) is 13.1 Å². The first kappa shape index (κ1) is 33.9. The van der Waals surface area contributed by atoms with Crippen LogP contribution in [0.25, 0.3) is 0 Å². The van der Waals surface area contributed by atoms with Gasteiger partial charge in [-0.25, -0.2) is 0 Å². The summed E-state index contributed by atoms with van der Waals surface area (Å²) in [5.41, 5.74) is 1.86. The van der Waals surface area contributed by atoms with Crippen molar-refractivity contribution in [3.8, 4) is 0 Å². The van der Waals surface area contributed by atoms with E-state index in [4.69, 9.17) is 16.5 Å². The molecular formula is C29H41F3N3O3PS. The predicted molar refractivity (Wildman–Crippen MR) is 157 cm³/mol. The summed E-state index contributed by atoms with van der Waals surface area (Å²) in [6, 6.07) is 18.9. The van der Waals surface area contributed by atoms with E-state index in [1.807, 2.05) is 70.0 Å². The Morgan fingerprint density at radius 1 is 0.825 bits per heavy atom. The Hall–Kier alpha value is -2.26. The first-order chi connectivity index (χ1) is 19.0. The molecule has 222 valence electrons. The molecule has 11 heteroatoms. The van der Waals surface area contributed by atoms with Crippen LogP contribution in [0.2, 0.25) is 0 Å². The lowest BCUT2D eigenvalue weighted by molar-refractivity contribution is -0.186. The van der Waals surface area contributed by atoms with Crippen LogP contribution in [0.5, 0.6) is 0 Å². The van der Waals surface area contributed by atoms with Crippen molar-refractivity contribution in [2.24, 2.45) is 0 Å². The minimum atomic E-state index is -5.16. The van der Waals surface area contributed by atoms with Gasteiger partial charge in [0.05, 0.1) is 19.2 Å². The quantitative estimate of drug-likeness (QED) is 0.113.